The monoisotopic (exact) mass is 664 g/mol. The normalized spacial score (nSPS) is 15.3. The maximum atomic E-state index is 12.6. The number of phosphoric ester groups is 1. The van der Waals surface area contributed by atoms with Crippen LogP contribution in [-0.4, -0.2) is 47.8 Å². The molecule has 1 amide bonds. The van der Waals surface area contributed by atoms with Gasteiger partial charge in [-0.25, -0.2) is 4.57 Å². The third kappa shape index (κ3) is 30.6. The lowest BCUT2D eigenvalue weighted by Crippen LogP contribution is -2.45. The fraction of sp³-hybridized carbons (Fsp3) is 0.649. The second-order valence-corrected chi connectivity index (χ2v) is 12.8. The molecule has 0 heterocycles. The summed E-state index contributed by atoms with van der Waals surface area (Å²) >= 11 is 0. The molecule has 0 aromatic heterocycles. The summed E-state index contributed by atoms with van der Waals surface area (Å²) < 4.78 is 21.9. The lowest BCUT2D eigenvalue weighted by Gasteiger charge is -2.23. The van der Waals surface area contributed by atoms with E-state index >= 15 is 0 Å². The third-order valence-corrected chi connectivity index (χ3v) is 8.01. The summed E-state index contributed by atoms with van der Waals surface area (Å²) in [7, 11) is -4.36. The van der Waals surface area contributed by atoms with Crippen LogP contribution in [0.4, 0.5) is 0 Å². The minimum Gasteiger partial charge on any atom is -0.387 e. The van der Waals surface area contributed by atoms with E-state index in [1.54, 1.807) is 6.08 Å². The largest absolute Gasteiger partial charge is 0.472 e. The van der Waals surface area contributed by atoms with Gasteiger partial charge in [-0.05, 0) is 57.8 Å². The lowest BCUT2D eigenvalue weighted by atomic mass is 10.1. The standard InChI is InChI=1S/C37H65N2O6P/c1-3-5-7-9-11-13-15-17-19-20-22-24-26-28-30-36(40)35(34-45-46(42,43)44-33-32-38)39-37(41)31-29-27-25-23-21-18-16-14-12-10-8-6-4-2/h6,8,12,14,18,20-22,25,27-28,30,35-36,40H,3-5,7,9-11,13,15-17,19,23-24,26,29,31-34,38H2,1-2H3,(H,39,41)(H,42,43)/b8-6-,14-12-,21-18-,22-20+,27-25-,30-28+. The molecule has 5 N–H and O–H groups in total. The van der Waals surface area contributed by atoms with Crippen molar-refractivity contribution in [3.8, 4) is 0 Å². The van der Waals surface area contributed by atoms with Gasteiger partial charge in [0.15, 0.2) is 0 Å². The second kappa shape index (κ2) is 32.9. The quantitative estimate of drug-likeness (QED) is 0.0331. The number of nitrogens with two attached hydrogens (primary N) is 1. The van der Waals surface area contributed by atoms with Crippen molar-refractivity contribution in [1.29, 1.82) is 0 Å². The molecule has 0 radical (unpaired) electrons. The van der Waals surface area contributed by atoms with Gasteiger partial charge in [0.05, 0.1) is 25.4 Å². The van der Waals surface area contributed by atoms with E-state index in [-0.39, 0.29) is 25.5 Å². The molecule has 0 rings (SSSR count). The first-order valence-electron chi connectivity index (χ1n) is 17.6. The Hall–Kier alpha value is -2.06. The highest BCUT2D eigenvalue weighted by molar-refractivity contribution is 7.47. The van der Waals surface area contributed by atoms with E-state index in [9.17, 15) is 19.4 Å². The van der Waals surface area contributed by atoms with E-state index < -0.39 is 26.6 Å². The van der Waals surface area contributed by atoms with E-state index in [1.165, 1.54) is 51.4 Å². The molecule has 0 aliphatic rings. The second-order valence-electron chi connectivity index (χ2n) is 11.3. The van der Waals surface area contributed by atoms with Crippen molar-refractivity contribution in [2.24, 2.45) is 5.73 Å². The van der Waals surface area contributed by atoms with Gasteiger partial charge in [-0.3, -0.25) is 13.8 Å². The first-order chi connectivity index (χ1) is 22.4. The summed E-state index contributed by atoms with van der Waals surface area (Å²) in [5.74, 6) is -0.289. The van der Waals surface area contributed by atoms with Crippen molar-refractivity contribution in [3.05, 3.63) is 72.9 Å². The average molecular weight is 665 g/mol. The molecule has 0 fully saturated rings. The molecule has 0 spiro atoms. The minimum absolute atomic E-state index is 0.0598. The van der Waals surface area contributed by atoms with E-state index in [4.69, 9.17) is 14.8 Å². The number of nitrogens with one attached hydrogen (secondary N) is 1. The van der Waals surface area contributed by atoms with Crippen molar-refractivity contribution in [2.75, 3.05) is 19.8 Å². The van der Waals surface area contributed by atoms with Crippen LogP contribution in [0, 0.1) is 0 Å². The van der Waals surface area contributed by atoms with Gasteiger partial charge in [-0.2, -0.15) is 0 Å². The highest BCUT2D eigenvalue weighted by atomic mass is 31.2. The number of carbonyl (C=O) groups excluding carboxylic acids is 1. The Morgan fingerprint density at radius 1 is 0.739 bits per heavy atom. The van der Waals surface area contributed by atoms with Gasteiger partial charge in [-0.15, -0.1) is 0 Å². The summed E-state index contributed by atoms with van der Waals surface area (Å²) in [6, 6.07) is -0.916. The molecule has 264 valence electrons. The van der Waals surface area contributed by atoms with Gasteiger partial charge in [0, 0.05) is 13.0 Å². The highest BCUT2D eigenvalue weighted by Gasteiger charge is 2.26. The van der Waals surface area contributed by atoms with Crippen LogP contribution in [-0.2, 0) is 18.4 Å². The van der Waals surface area contributed by atoms with Crippen LogP contribution in [0.25, 0.3) is 0 Å². The van der Waals surface area contributed by atoms with Crippen LogP contribution in [0.15, 0.2) is 72.9 Å². The first-order valence-corrected chi connectivity index (χ1v) is 19.1. The summed E-state index contributed by atoms with van der Waals surface area (Å²) in [4.78, 5) is 22.5. The number of amides is 1. The maximum Gasteiger partial charge on any atom is 0.472 e. The molecule has 3 unspecified atom stereocenters. The van der Waals surface area contributed by atoms with E-state index in [2.05, 4.69) is 67.8 Å². The maximum absolute atomic E-state index is 12.6. The number of phosphoric acid groups is 1. The molecule has 0 aromatic rings. The molecule has 0 aliphatic carbocycles. The zero-order valence-corrected chi connectivity index (χ0v) is 29.7. The molecule has 8 nitrogen and oxygen atoms in total. The molecule has 0 saturated heterocycles. The van der Waals surface area contributed by atoms with E-state index in [1.807, 2.05) is 18.2 Å². The summed E-state index contributed by atoms with van der Waals surface area (Å²) in [5, 5.41) is 13.5. The number of hydrogen-bond donors (Lipinski definition) is 4. The fourth-order valence-electron chi connectivity index (χ4n) is 4.39. The van der Waals surface area contributed by atoms with Crippen molar-refractivity contribution in [2.45, 2.75) is 135 Å². The average Bonchev–Trinajstić information content (AvgIpc) is 3.04. The van der Waals surface area contributed by atoms with Crippen molar-refractivity contribution in [1.82, 2.24) is 5.32 Å². The third-order valence-electron chi connectivity index (χ3n) is 7.03. The topological polar surface area (TPSA) is 131 Å². The molecule has 46 heavy (non-hydrogen) atoms. The Morgan fingerprint density at radius 3 is 1.91 bits per heavy atom. The van der Waals surface area contributed by atoms with Crippen LogP contribution in [0.2, 0.25) is 0 Å². The van der Waals surface area contributed by atoms with Crippen LogP contribution < -0.4 is 11.1 Å². The summed E-state index contributed by atoms with van der Waals surface area (Å²) in [6.45, 7) is 3.89. The predicted molar refractivity (Wildman–Crippen MR) is 193 cm³/mol. The van der Waals surface area contributed by atoms with E-state index in [0.29, 0.717) is 6.42 Å². The fourth-order valence-corrected chi connectivity index (χ4v) is 5.15. The summed E-state index contributed by atoms with van der Waals surface area (Å²) in [5.41, 5.74) is 5.33. The molecule has 0 bridgehead atoms. The highest BCUT2D eigenvalue weighted by Crippen LogP contribution is 2.43. The van der Waals surface area contributed by atoms with Gasteiger partial charge >= 0.3 is 7.82 Å². The Balaban J connectivity index is 4.57. The first kappa shape index (κ1) is 43.9. The van der Waals surface area contributed by atoms with Crippen LogP contribution in [0.1, 0.15) is 123 Å². The van der Waals surface area contributed by atoms with E-state index in [0.717, 1.165) is 44.9 Å². The number of rotatable bonds is 31. The van der Waals surface area contributed by atoms with Gasteiger partial charge < -0.3 is 21.1 Å². The van der Waals surface area contributed by atoms with Crippen LogP contribution in [0.5, 0.6) is 0 Å². The lowest BCUT2D eigenvalue weighted by molar-refractivity contribution is -0.122. The zero-order chi connectivity index (χ0) is 34.0. The van der Waals surface area contributed by atoms with Gasteiger partial charge in [-0.1, -0.05) is 132 Å². The Morgan fingerprint density at radius 2 is 1.28 bits per heavy atom. The van der Waals surface area contributed by atoms with Crippen molar-refractivity contribution in [3.63, 3.8) is 0 Å². The van der Waals surface area contributed by atoms with Gasteiger partial charge in [0.1, 0.15) is 0 Å². The number of hydrogen-bond acceptors (Lipinski definition) is 6. The summed E-state index contributed by atoms with van der Waals surface area (Å²) in [6.07, 6.45) is 41.1. The number of unbranched alkanes of at least 4 members (excludes halogenated alkanes) is 9. The molecule has 9 heteroatoms. The SMILES string of the molecule is CC/C=C\C/C=C\C/C=C\C/C=C\CCC(=O)NC(COP(=O)(O)OCCN)C(O)/C=C/CC/C=C/CCCCCCCCCC. The Bertz CT molecular complexity index is 944. The van der Waals surface area contributed by atoms with Gasteiger partial charge in [0.2, 0.25) is 5.91 Å². The van der Waals surface area contributed by atoms with Gasteiger partial charge in [0.25, 0.3) is 0 Å². The molecular weight excluding hydrogens is 599 g/mol. The van der Waals surface area contributed by atoms with Crippen molar-refractivity contribution >= 4 is 13.7 Å². The number of carbonyl (C=O) groups is 1. The zero-order valence-electron chi connectivity index (χ0n) is 28.8. The Labute approximate surface area is 280 Å². The van der Waals surface area contributed by atoms with Crippen LogP contribution in [0.3, 0.4) is 0 Å². The smallest absolute Gasteiger partial charge is 0.387 e. The van der Waals surface area contributed by atoms with Crippen LogP contribution >= 0.6 is 7.82 Å². The molecule has 3 atom stereocenters. The molecule has 0 aliphatic heterocycles. The molecular formula is C37H65N2O6P. The van der Waals surface area contributed by atoms with Crippen molar-refractivity contribution < 1.29 is 28.4 Å². The number of allylic oxidation sites excluding steroid dienone is 11. The number of aliphatic hydroxyl groups is 1. The predicted octanol–water partition coefficient (Wildman–Crippen LogP) is 8.93. The molecule has 0 aromatic carbocycles. The molecule has 0 saturated carbocycles. The minimum atomic E-state index is -4.36. The Kier molecular flexibility index (Phi) is 31.4. The number of aliphatic hydroxyl groups excluding tert-OH is 1.